The summed E-state index contributed by atoms with van der Waals surface area (Å²) in [6.45, 7) is 14.3. The smallest absolute Gasteiger partial charge is 0.159 e. The predicted octanol–water partition coefficient (Wildman–Crippen LogP) is 6.13. The lowest BCUT2D eigenvalue weighted by atomic mass is 10.0. The van der Waals surface area contributed by atoms with Gasteiger partial charge < -0.3 is 9.84 Å². The van der Waals surface area contributed by atoms with Crippen molar-refractivity contribution in [3.05, 3.63) is 96.3 Å². The van der Waals surface area contributed by atoms with Gasteiger partial charge in [0.05, 0.1) is 4.90 Å². The summed E-state index contributed by atoms with van der Waals surface area (Å²) in [6, 6.07) is 16.5. The molecule has 1 saturated heterocycles. The average Bonchev–Trinajstić information content (AvgIpc) is 2.85. The summed E-state index contributed by atoms with van der Waals surface area (Å²) in [7, 11) is -1.24. The quantitative estimate of drug-likeness (QED) is 0.319. The highest BCUT2D eigenvalue weighted by Gasteiger charge is 2.28. The Morgan fingerprint density at radius 3 is 2.43 bits per heavy atom. The van der Waals surface area contributed by atoms with Gasteiger partial charge in [-0.15, -0.1) is 0 Å². The Morgan fingerprint density at radius 1 is 1.14 bits per heavy atom. The van der Waals surface area contributed by atoms with Gasteiger partial charge in [-0.05, 0) is 63.4 Å². The molecule has 2 aromatic rings. The summed E-state index contributed by atoms with van der Waals surface area (Å²) in [5.41, 5.74) is 1.30. The number of allylic oxidation sites excluding steroid dienone is 3. The largest absolute Gasteiger partial charge is 0.509 e. The summed E-state index contributed by atoms with van der Waals surface area (Å²) in [4.78, 5) is 3.26. The maximum atomic E-state index is 13.4. The van der Waals surface area contributed by atoms with Crippen LogP contribution in [0.1, 0.15) is 44.4 Å². The minimum Gasteiger partial charge on any atom is -0.509 e. The van der Waals surface area contributed by atoms with Crippen molar-refractivity contribution in [1.82, 2.24) is 9.21 Å². The summed E-state index contributed by atoms with van der Waals surface area (Å²) in [5, 5.41) is 9.76. The van der Waals surface area contributed by atoms with Gasteiger partial charge in [-0.3, -0.25) is 4.90 Å². The molecule has 1 aliphatic heterocycles. The van der Waals surface area contributed by atoms with E-state index in [9.17, 15) is 9.32 Å². The Bertz CT molecular complexity index is 1070. The number of benzene rings is 2. The van der Waals surface area contributed by atoms with Gasteiger partial charge in [-0.2, -0.15) is 0 Å². The highest BCUT2D eigenvalue weighted by Crippen LogP contribution is 2.30. The van der Waals surface area contributed by atoms with Crippen molar-refractivity contribution in [2.45, 2.75) is 50.7 Å². The highest BCUT2D eigenvalue weighted by molar-refractivity contribution is 7.82. The average molecular weight is 495 g/mol. The van der Waals surface area contributed by atoms with E-state index >= 15 is 0 Å². The van der Waals surface area contributed by atoms with E-state index in [1.54, 1.807) is 13.8 Å². The van der Waals surface area contributed by atoms with E-state index in [1.165, 1.54) is 5.56 Å². The van der Waals surface area contributed by atoms with Crippen LogP contribution in [0.3, 0.4) is 0 Å². The van der Waals surface area contributed by atoms with Crippen LogP contribution in [-0.2, 0) is 11.0 Å². The van der Waals surface area contributed by atoms with Crippen LogP contribution in [-0.4, -0.2) is 50.3 Å². The Balaban J connectivity index is 1.66. The Kier molecular flexibility index (Phi) is 9.49. The van der Waals surface area contributed by atoms with Gasteiger partial charge in [0.25, 0.3) is 0 Å². The number of aliphatic hydroxyl groups excluding tert-OH is 1. The minimum absolute atomic E-state index is 0.0338. The zero-order valence-corrected chi connectivity index (χ0v) is 22.1. The summed E-state index contributed by atoms with van der Waals surface area (Å²) < 4.78 is 21.3. The highest BCUT2D eigenvalue weighted by atomic mass is 32.2. The SMILES string of the molecule is C=C(O)C(C)(C)Oc1ccc(S(=O)N2CCN(C(C/C=C\C=C/C)c3ccccc3)CC2)cc1C. The molecule has 1 fully saturated rings. The van der Waals surface area contributed by atoms with Crippen molar-refractivity contribution in [1.29, 1.82) is 0 Å². The van der Waals surface area contributed by atoms with Gasteiger partial charge in [0, 0.05) is 32.2 Å². The normalized spacial score (nSPS) is 17.6. The van der Waals surface area contributed by atoms with Gasteiger partial charge >= 0.3 is 0 Å². The molecule has 6 heteroatoms. The summed E-state index contributed by atoms with van der Waals surface area (Å²) >= 11 is 0. The molecule has 0 bridgehead atoms. The molecule has 2 atom stereocenters. The first-order valence-corrected chi connectivity index (χ1v) is 13.2. The van der Waals surface area contributed by atoms with Crippen molar-refractivity contribution in [2.24, 2.45) is 0 Å². The Morgan fingerprint density at radius 2 is 1.83 bits per heavy atom. The van der Waals surface area contributed by atoms with Crippen LogP contribution in [0.15, 0.2) is 90.1 Å². The van der Waals surface area contributed by atoms with Gasteiger partial charge in [-0.25, -0.2) is 8.51 Å². The van der Waals surface area contributed by atoms with Gasteiger partial charge in [0.15, 0.2) is 5.60 Å². The van der Waals surface area contributed by atoms with Crippen molar-refractivity contribution in [3.8, 4) is 5.75 Å². The number of hydrogen-bond acceptors (Lipinski definition) is 4. The molecule has 5 nitrogen and oxygen atoms in total. The molecule has 2 aromatic carbocycles. The molecule has 0 saturated carbocycles. The lowest BCUT2D eigenvalue weighted by molar-refractivity contribution is 0.0965. The number of nitrogens with zero attached hydrogens (tertiary/aromatic N) is 2. The van der Waals surface area contributed by atoms with Crippen molar-refractivity contribution >= 4 is 11.0 Å². The minimum atomic E-state index is -1.24. The second-order valence-corrected chi connectivity index (χ2v) is 10.8. The molecule has 1 N–H and O–H groups in total. The van der Waals surface area contributed by atoms with Crippen molar-refractivity contribution < 1.29 is 14.1 Å². The lowest BCUT2D eigenvalue weighted by Gasteiger charge is -2.38. The molecule has 0 spiro atoms. The number of ether oxygens (including phenoxy) is 1. The third-order valence-electron chi connectivity index (χ3n) is 6.34. The maximum absolute atomic E-state index is 13.4. The summed E-state index contributed by atoms with van der Waals surface area (Å²) in [5.74, 6) is 0.612. The van der Waals surface area contributed by atoms with Crippen LogP contribution < -0.4 is 4.74 Å². The molecular formula is C29H38N2O3S. The zero-order valence-electron chi connectivity index (χ0n) is 21.3. The third kappa shape index (κ3) is 7.17. The number of aliphatic hydroxyl groups is 1. The van der Waals surface area contributed by atoms with Gasteiger partial charge in [0.2, 0.25) is 0 Å². The van der Waals surface area contributed by atoms with Crippen molar-refractivity contribution in [3.63, 3.8) is 0 Å². The number of hydrogen-bond donors (Lipinski definition) is 1. The van der Waals surface area contributed by atoms with E-state index in [0.717, 1.165) is 43.1 Å². The zero-order chi connectivity index (χ0) is 25.4. The standard InChI is InChI=1S/C29H38N2O3S/c1-6-7-8-12-15-27(25-13-10-9-11-14-25)30-18-20-31(21-19-30)35(33)26-16-17-28(23(2)22-26)34-29(4,5)24(3)32/h6-14,16-17,22,27,32H,3,15,18-21H2,1-2,4-5H3/b7-6-,12-8-. The fraction of sp³-hybridized carbons (Fsp3) is 0.379. The van der Waals surface area contributed by atoms with Crippen LogP contribution in [0, 0.1) is 6.92 Å². The second kappa shape index (κ2) is 12.3. The molecule has 0 aromatic heterocycles. The molecular weight excluding hydrogens is 456 g/mol. The monoisotopic (exact) mass is 494 g/mol. The number of piperazine rings is 1. The molecule has 0 aliphatic carbocycles. The molecule has 0 amide bonds. The number of rotatable bonds is 10. The van der Waals surface area contributed by atoms with Gasteiger partial charge in [-0.1, -0.05) is 61.2 Å². The van der Waals surface area contributed by atoms with Crippen LogP contribution in [0.25, 0.3) is 0 Å². The van der Waals surface area contributed by atoms with E-state index in [-0.39, 0.29) is 5.76 Å². The van der Waals surface area contributed by atoms with Gasteiger partial charge in [0.1, 0.15) is 22.5 Å². The molecule has 1 heterocycles. The van der Waals surface area contributed by atoms with E-state index in [2.05, 4.69) is 60.0 Å². The fourth-order valence-corrected chi connectivity index (χ4v) is 5.33. The molecule has 3 rings (SSSR count). The van der Waals surface area contributed by atoms with Crippen LogP contribution >= 0.6 is 0 Å². The summed E-state index contributed by atoms with van der Waals surface area (Å²) in [6.07, 6.45) is 9.36. The van der Waals surface area contributed by atoms with Crippen LogP contribution in [0.5, 0.6) is 5.75 Å². The Hall–Kier alpha value is -2.67. The molecule has 0 radical (unpaired) electrons. The first-order valence-electron chi connectivity index (χ1n) is 12.1. The molecule has 1 aliphatic rings. The third-order valence-corrected chi connectivity index (χ3v) is 7.83. The predicted molar refractivity (Wildman–Crippen MR) is 145 cm³/mol. The van der Waals surface area contributed by atoms with E-state index in [1.807, 2.05) is 42.4 Å². The van der Waals surface area contributed by atoms with E-state index < -0.39 is 16.6 Å². The number of aryl methyl sites for hydroxylation is 1. The Labute approximate surface area is 213 Å². The van der Waals surface area contributed by atoms with Crippen LogP contribution in [0.4, 0.5) is 0 Å². The lowest BCUT2D eigenvalue weighted by Crippen LogP contribution is -2.48. The first kappa shape index (κ1) is 26.9. The second-order valence-electron chi connectivity index (χ2n) is 9.32. The van der Waals surface area contributed by atoms with E-state index in [4.69, 9.17) is 4.74 Å². The fourth-order valence-electron chi connectivity index (χ4n) is 4.08. The van der Waals surface area contributed by atoms with E-state index in [0.29, 0.717) is 11.8 Å². The van der Waals surface area contributed by atoms with Crippen molar-refractivity contribution in [2.75, 3.05) is 26.2 Å². The topological polar surface area (TPSA) is 53.0 Å². The van der Waals surface area contributed by atoms with Crippen LogP contribution in [0.2, 0.25) is 0 Å². The molecule has 188 valence electrons. The first-order chi connectivity index (χ1) is 16.7. The maximum Gasteiger partial charge on any atom is 0.159 e. The molecule has 35 heavy (non-hydrogen) atoms. The molecule has 2 unspecified atom stereocenters.